The summed E-state index contributed by atoms with van der Waals surface area (Å²) in [5, 5.41) is 6.25. The van der Waals surface area contributed by atoms with Gasteiger partial charge in [-0.1, -0.05) is 0 Å². The van der Waals surface area contributed by atoms with Crippen molar-refractivity contribution in [1.82, 2.24) is 0 Å². The van der Waals surface area contributed by atoms with Gasteiger partial charge in [-0.05, 0) is 0 Å². The minimum absolute atomic E-state index is 0. The van der Waals surface area contributed by atoms with Crippen molar-refractivity contribution in [3.05, 3.63) is 6.57 Å². The molecule has 0 radical (unpaired) electrons. The predicted octanol–water partition coefficient (Wildman–Crippen LogP) is -2.90. The molecule has 4 heavy (non-hydrogen) atoms. The first-order chi connectivity index (χ1) is 1.00. The van der Waals surface area contributed by atoms with Crippen molar-refractivity contribution < 1.29 is 89.1 Å². The third-order valence-corrected chi connectivity index (χ3v) is 0. The molecular formula is CArKN. The monoisotopic (exact) mass is 105 g/mol. The average molecular weight is 105 g/mol. The molecular weight excluding hydrogens is 105 g/mol. The molecule has 0 bridgehead atoms. The summed E-state index contributed by atoms with van der Waals surface area (Å²) in [6.07, 6.45) is 0. The van der Waals surface area contributed by atoms with Crippen molar-refractivity contribution in [2.45, 2.75) is 0 Å². The molecule has 0 saturated heterocycles. The molecule has 0 aliphatic carbocycles. The van der Waals surface area contributed by atoms with E-state index in [1.54, 1.807) is 0 Å². The van der Waals surface area contributed by atoms with Crippen LogP contribution < -0.4 is 51.4 Å². The van der Waals surface area contributed by atoms with Gasteiger partial charge in [-0.15, -0.1) is 0 Å². The van der Waals surface area contributed by atoms with Crippen LogP contribution in [0.1, 0.15) is 0 Å². The van der Waals surface area contributed by atoms with Crippen LogP contribution in [0.15, 0.2) is 0 Å². The van der Waals surface area contributed by atoms with Gasteiger partial charge in [0.05, 0.1) is 0 Å². The number of rotatable bonds is 0. The standard InChI is InChI=1S/CN.Ar.K/c1-2;;/q-1;;+1. The van der Waals surface area contributed by atoms with Gasteiger partial charge in [-0.2, -0.15) is 0 Å². The Morgan fingerprint density at radius 3 is 1.25 bits per heavy atom. The minimum Gasteiger partial charge on any atom is -0.512 e. The van der Waals surface area contributed by atoms with Crippen molar-refractivity contribution in [2.24, 2.45) is 0 Å². The van der Waals surface area contributed by atoms with E-state index in [4.69, 9.17) is 11.8 Å². The Bertz CT molecular complexity index is 12.8. The molecule has 18 valence electrons. The van der Waals surface area contributed by atoms with Gasteiger partial charge in [0, 0.05) is 37.7 Å². The number of nitrogens with zero attached hydrogens (tertiary/aromatic N) is 1. The van der Waals surface area contributed by atoms with Crippen molar-refractivity contribution in [2.75, 3.05) is 0 Å². The van der Waals surface area contributed by atoms with Crippen LogP contribution in [0.5, 0.6) is 0 Å². The second-order valence-corrected chi connectivity index (χ2v) is 0. The zero-order chi connectivity index (χ0) is 2.00. The van der Waals surface area contributed by atoms with Crippen LogP contribution >= 0.6 is 0 Å². The third-order valence-electron chi connectivity index (χ3n) is 0. The smallest absolute Gasteiger partial charge is 0.512 e. The van der Waals surface area contributed by atoms with Crippen LogP contribution in [0, 0.1) is 49.6 Å². The normalized spacial score (nSPS) is 0.500. The summed E-state index contributed by atoms with van der Waals surface area (Å²) in [4.78, 5) is 0. The van der Waals surface area contributed by atoms with Gasteiger partial charge in [0.2, 0.25) is 0 Å². The SMILES string of the molecule is [Ar].[C-]#N.[K+]. The van der Waals surface area contributed by atoms with E-state index in [2.05, 4.69) is 0 Å². The van der Waals surface area contributed by atoms with Gasteiger partial charge in [0.15, 0.2) is 0 Å². The van der Waals surface area contributed by atoms with E-state index in [0.29, 0.717) is 0 Å². The van der Waals surface area contributed by atoms with Gasteiger partial charge in [0.25, 0.3) is 0 Å². The first-order valence-corrected chi connectivity index (χ1v) is 0.224. The molecule has 0 aliphatic heterocycles. The molecule has 0 aliphatic rings. The second kappa shape index (κ2) is 18.2. The van der Waals surface area contributed by atoms with Crippen molar-refractivity contribution in [3.63, 3.8) is 0 Å². The van der Waals surface area contributed by atoms with Crippen LogP contribution in [-0.4, -0.2) is 0 Å². The quantitative estimate of drug-likeness (QED) is 0.239. The zero-order valence-corrected chi connectivity index (χ0v) is 6.13. The molecule has 0 amide bonds. The summed E-state index contributed by atoms with van der Waals surface area (Å²) in [5.74, 6) is 0. The maximum Gasteiger partial charge on any atom is 1.00 e. The second-order valence-electron chi connectivity index (χ2n) is 0. The van der Waals surface area contributed by atoms with E-state index in [-0.39, 0.29) is 89.1 Å². The molecule has 0 rings (SSSR count). The van der Waals surface area contributed by atoms with E-state index in [1.165, 1.54) is 0 Å². The van der Waals surface area contributed by atoms with Crippen LogP contribution in [0.25, 0.3) is 0 Å². The fourth-order valence-electron chi connectivity index (χ4n) is 0. The third kappa shape index (κ3) is 8.83. The molecule has 3 heteroatoms. The summed E-state index contributed by atoms with van der Waals surface area (Å²) in [6.45, 7) is 4.75. The molecule has 0 spiro atoms. The summed E-state index contributed by atoms with van der Waals surface area (Å²) in [5.41, 5.74) is 0. The summed E-state index contributed by atoms with van der Waals surface area (Å²) >= 11 is 0. The Morgan fingerprint density at radius 1 is 1.25 bits per heavy atom. The Labute approximate surface area is 98.2 Å². The largest absolute Gasteiger partial charge is 1.00 e. The van der Waals surface area contributed by atoms with Gasteiger partial charge in [-0.3, -0.25) is 0 Å². The van der Waals surface area contributed by atoms with Gasteiger partial charge < -0.3 is 11.8 Å². The van der Waals surface area contributed by atoms with Crippen LogP contribution in [0.3, 0.4) is 0 Å². The molecule has 0 fully saturated rings. The number of hydrogen-bond donors (Lipinski definition) is 0. The Kier molecular flexibility index (Phi) is 73.5. The summed E-state index contributed by atoms with van der Waals surface area (Å²) in [6, 6.07) is 0. The Morgan fingerprint density at radius 2 is 1.25 bits per heavy atom. The van der Waals surface area contributed by atoms with E-state index in [0.717, 1.165) is 0 Å². The van der Waals surface area contributed by atoms with Gasteiger partial charge >= 0.3 is 51.4 Å². The van der Waals surface area contributed by atoms with Gasteiger partial charge in [-0.25, -0.2) is 0 Å². The average Bonchev–Trinajstić information content (AvgIpc) is 1.00. The van der Waals surface area contributed by atoms with E-state index in [1.807, 2.05) is 0 Å². The molecule has 0 aromatic heterocycles. The predicted molar refractivity (Wildman–Crippen MR) is 4.97 cm³/mol. The zero-order valence-electron chi connectivity index (χ0n) is 2.30. The number of hydrogen-bond acceptors (Lipinski definition) is 1. The Balaban J connectivity index is -0.00000000500. The van der Waals surface area contributed by atoms with E-state index < -0.39 is 0 Å². The van der Waals surface area contributed by atoms with Crippen LogP contribution in [-0.2, 0) is 0 Å². The fourth-order valence-corrected chi connectivity index (χ4v) is 0. The maximum atomic E-state index is 6.25. The molecule has 0 heterocycles. The first kappa shape index (κ1) is 16.2. The maximum absolute atomic E-state index is 6.25. The first-order valence-electron chi connectivity index (χ1n) is 0.224. The molecule has 0 N–H and O–H groups in total. The molecule has 0 aromatic carbocycles. The molecule has 0 saturated carbocycles. The van der Waals surface area contributed by atoms with E-state index >= 15 is 0 Å². The molecule has 1 nitrogen and oxygen atoms in total. The summed E-state index contributed by atoms with van der Waals surface area (Å²) < 4.78 is 0. The van der Waals surface area contributed by atoms with Crippen molar-refractivity contribution >= 4 is 0 Å². The molecule has 0 aromatic rings. The fraction of sp³-hybridized carbons (Fsp3) is 0. The van der Waals surface area contributed by atoms with Crippen molar-refractivity contribution in [3.8, 4) is 0 Å². The Hall–Kier alpha value is 2.39. The van der Waals surface area contributed by atoms with E-state index in [9.17, 15) is 0 Å². The van der Waals surface area contributed by atoms with Crippen LogP contribution in [0.2, 0.25) is 0 Å². The molecule has 0 atom stereocenters. The van der Waals surface area contributed by atoms with Crippen molar-refractivity contribution in [1.29, 1.82) is 5.26 Å². The summed E-state index contributed by atoms with van der Waals surface area (Å²) in [7, 11) is 0. The minimum atomic E-state index is 0. The topological polar surface area (TPSA) is 23.8 Å². The molecule has 0 unspecified atom stereocenters. The van der Waals surface area contributed by atoms with Gasteiger partial charge in [0.1, 0.15) is 0 Å². The van der Waals surface area contributed by atoms with Crippen LogP contribution in [0.4, 0.5) is 0 Å².